The van der Waals surface area contributed by atoms with Gasteiger partial charge in [-0.05, 0) is 30.8 Å². The molecule has 0 aliphatic heterocycles. The molecule has 1 atom stereocenters. The Balaban J connectivity index is 2.27. The summed E-state index contributed by atoms with van der Waals surface area (Å²) in [4.78, 5) is 0. The molecule has 0 nitrogen and oxygen atoms in total. The molecule has 0 spiro atoms. The predicted molar refractivity (Wildman–Crippen MR) is 43.7 cm³/mol. The van der Waals surface area contributed by atoms with Crippen LogP contribution in [0.15, 0.2) is 36.0 Å². The summed E-state index contributed by atoms with van der Waals surface area (Å²) in [6, 6.07) is 0. The highest BCUT2D eigenvalue weighted by molar-refractivity contribution is 5.31. The van der Waals surface area contributed by atoms with Gasteiger partial charge < -0.3 is 0 Å². The maximum absolute atomic E-state index is 2.28. The third kappa shape index (κ3) is 0.942. The molecule has 0 radical (unpaired) electrons. The van der Waals surface area contributed by atoms with Crippen LogP contribution in [-0.2, 0) is 0 Å². The lowest BCUT2D eigenvalue weighted by Gasteiger charge is -2.21. The van der Waals surface area contributed by atoms with Gasteiger partial charge in [-0.25, -0.2) is 0 Å². The molecular formula is C10H12. The number of rotatable bonds is 0. The predicted octanol–water partition coefficient (Wildman–Crippen LogP) is 2.84. The van der Waals surface area contributed by atoms with Crippen LogP contribution in [0.4, 0.5) is 0 Å². The van der Waals surface area contributed by atoms with Crippen molar-refractivity contribution < 1.29 is 0 Å². The van der Waals surface area contributed by atoms with Crippen molar-refractivity contribution in [2.24, 2.45) is 5.92 Å². The van der Waals surface area contributed by atoms with E-state index >= 15 is 0 Å². The van der Waals surface area contributed by atoms with Gasteiger partial charge >= 0.3 is 0 Å². The van der Waals surface area contributed by atoms with Crippen LogP contribution in [-0.4, -0.2) is 0 Å². The van der Waals surface area contributed by atoms with Gasteiger partial charge in [0.05, 0.1) is 0 Å². The largest absolute Gasteiger partial charge is 0.0842 e. The molecule has 0 amide bonds. The molecule has 52 valence electrons. The molecule has 10 heavy (non-hydrogen) atoms. The van der Waals surface area contributed by atoms with E-state index in [0.29, 0.717) is 0 Å². The van der Waals surface area contributed by atoms with E-state index in [-0.39, 0.29) is 0 Å². The van der Waals surface area contributed by atoms with Crippen molar-refractivity contribution in [3.8, 4) is 0 Å². The second kappa shape index (κ2) is 2.45. The van der Waals surface area contributed by atoms with Crippen LogP contribution in [0.5, 0.6) is 0 Å². The van der Waals surface area contributed by atoms with Crippen LogP contribution in [0.25, 0.3) is 0 Å². The Morgan fingerprint density at radius 2 is 2.30 bits per heavy atom. The van der Waals surface area contributed by atoms with E-state index in [2.05, 4.69) is 30.4 Å². The standard InChI is InChI=1S/C10H12/c1-2-6-10-8-4-3-7-9(10)5-1/h1-3,5,7,10H,4,6,8H2. The fraction of sp³-hybridized carbons (Fsp3) is 0.400. The first-order valence-corrected chi connectivity index (χ1v) is 4.00. The highest BCUT2D eigenvalue weighted by atomic mass is 14.2. The minimum Gasteiger partial charge on any atom is -0.0842 e. The molecule has 0 aromatic rings. The summed E-state index contributed by atoms with van der Waals surface area (Å²) in [6.45, 7) is 0. The molecular weight excluding hydrogens is 120 g/mol. The maximum atomic E-state index is 2.28. The first-order chi connectivity index (χ1) is 4.97. The second-order valence-electron chi connectivity index (χ2n) is 3.01. The van der Waals surface area contributed by atoms with E-state index in [4.69, 9.17) is 0 Å². The average molecular weight is 132 g/mol. The fourth-order valence-corrected chi connectivity index (χ4v) is 1.69. The van der Waals surface area contributed by atoms with E-state index < -0.39 is 0 Å². The molecule has 2 aliphatic rings. The molecule has 0 heterocycles. The van der Waals surface area contributed by atoms with Crippen LogP contribution in [0.1, 0.15) is 19.3 Å². The number of allylic oxidation sites excluding steroid dienone is 6. The minimum atomic E-state index is 0.843. The van der Waals surface area contributed by atoms with Gasteiger partial charge in [0.25, 0.3) is 0 Å². The van der Waals surface area contributed by atoms with Crippen LogP contribution < -0.4 is 0 Å². The third-order valence-electron chi connectivity index (χ3n) is 2.31. The molecule has 2 aliphatic carbocycles. The smallest absolute Gasteiger partial charge is 0.0124 e. The number of fused-ring (bicyclic) bond motifs is 1. The van der Waals surface area contributed by atoms with Crippen LogP contribution in [0.3, 0.4) is 0 Å². The Morgan fingerprint density at radius 3 is 3.20 bits per heavy atom. The van der Waals surface area contributed by atoms with Crippen molar-refractivity contribution in [1.82, 2.24) is 0 Å². The van der Waals surface area contributed by atoms with Gasteiger partial charge in [-0.1, -0.05) is 30.4 Å². The van der Waals surface area contributed by atoms with E-state index in [1.54, 1.807) is 0 Å². The summed E-state index contributed by atoms with van der Waals surface area (Å²) in [5.74, 6) is 0.843. The second-order valence-corrected chi connectivity index (χ2v) is 3.01. The summed E-state index contributed by atoms with van der Waals surface area (Å²) in [5, 5.41) is 0. The lowest BCUT2D eigenvalue weighted by Crippen LogP contribution is -2.06. The summed E-state index contributed by atoms with van der Waals surface area (Å²) < 4.78 is 0. The van der Waals surface area contributed by atoms with E-state index in [1.807, 2.05) is 0 Å². The lowest BCUT2D eigenvalue weighted by molar-refractivity contribution is 0.566. The van der Waals surface area contributed by atoms with Crippen LogP contribution >= 0.6 is 0 Å². The van der Waals surface area contributed by atoms with Gasteiger partial charge in [0.15, 0.2) is 0 Å². The topological polar surface area (TPSA) is 0 Å². The summed E-state index contributed by atoms with van der Waals surface area (Å²) in [5.41, 5.74) is 1.54. The first-order valence-electron chi connectivity index (χ1n) is 4.00. The quantitative estimate of drug-likeness (QED) is 0.475. The summed E-state index contributed by atoms with van der Waals surface area (Å²) >= 11 is 0. The zero-order valence-corrected chi connectivity index (χ0v) is 6.09. The Bertz CT molecular complexity index is 206. The Morgan fingerprint density at radius 1 is 1.30 bits per heavy atom. The van der Waals surface area contributed by atoms with Crippen molar-refractivity contribution in [3.63, 3.8) is 0 Å². The molecule has 0 aromatic carbocycles. The molecule has 2 rings (SSSR count). The Kier molecular flexibility index (Phi) is 1.46. The molecule has 0 fully saturated rings. The molecule has 0 saturated carbocycles. The Hall–Kier alpha value is -0.780. The average Bonchev–Trinajstić information content (AvgIpc) is 2.05. The third-order valence-corrected chi connectivity index (χ3v) is 2.31. The maximum Gasteiger partial charge on any atom is -0.0124 e. The highest BCUT2D eigenvalue weighted by Crippen LogP contribution is 2.29. The number of hydrogen-bond donors (Lipinski definition) is 0. The van der Waals surface area contributed by atoms with Gasteiger partial charge in [0.2, 0.25) is 0 Å². The van der Waals surface area contributed by atoms with Crippen molar-refractivity contribution >= 4 is 0 Å². The molecule has 0 N–H and O–H groups in total. The van der Waals surface area contributed by atoms with Crippen LogP contribution in [0.2, 0.25) is 0 Å². The van der Waals surface area contributed by atoms with Gasteiger partial charge in [0, 0.05) is 0 Å². The minimum absolute atomic E-state index is 0.843. The van der Waals surface area contributed by atoms with Crippen molar-refractivity contribution in [3.05, 3.63) is 36.0 Å². The molecule has 0 heteroatoms. The number of hydrogen-bond acceptors (Lipinski definition) is 0. The lowest BCUT2D eigenvalue weighted by atomic mass is 9.84. The molecule has 0 saturated heterocycles. The summed E-state index contributed by atoms with van der Waals surface area (Å²) in [6.07, 6.45) is 15.1. The fourth-order valence-electron chi connectivity index (χ4n) is 1.69. The SMILES string of the molecule is C1=CCC2CCC=CC2=C1. The normalized spacial score (nSPS) is 29.6. The van der Waals surface area contributed by atoms with Crippen molar-refractivity contribution in [1.29, 1.82) is 0 Å². The zero-order valence-electron chi connectivity index (χ0n) is 6.09. The van der Waals surface area contributed by atoms with E-state index in [1.165, 1.54) is 24.8 Å². The van der Waals surface area contributed by atoms with Crippen molar-refractivity contribution in [2.75, 3.05) is 0 Å². The zero-order chi connectivity index (χ0) is 6.81. The van der Waals surface area contributed by atoms with Crippen LogP contribution in [0, 0.1) is 5.92 Å². The molecule has 0 bridgehead atoms. The molecule has 1 unspecified atom stereocenters. The Labute approximate surface area is 61.9 Å². The molecule has 0 aromatic heterocycles. The van der Waals surface area contributed by atoms with Gasteiger partial charge in [-0.2, -0.15) is 0 Å². The van der Waals surface area contributed by atoms with Gasteiger partial charge in [0.1, 0.15) is 0 Å². The monoisotopic (exact) mass is 132 g/mol. The van der Waals surface area contributed by atoms with Gasteiger partial charge in [-0.3, -0.25) is 0 Å². The van der Waals surface area contributed by atoms with Gasteiger partial charge in [-0.15, -0.1) is 0 Å². The highest BCUT2D eigenvalue weighted by Gasteiger charge is 2.14. The van der Waals surface area contributed by atoms with Crippen molar-refractivity contribution in [2.45, 2.75) is 19.3 Å². The van der Waals surface area contributed by atoms with E-state index in [0.717, 1.165) is 5.92 Å². The first kappa shape index (κ1) is 5.96. The van der Waals surface area contributed by atoms with E-state index in [9.17, 15) is 0 Å². The summed E-state index contributed by atoms with van der Waals surface area (Å²) in [7, 11) is 0.